The minimum atomic E-state index is -0.549. The smallest absolute Gasteiger partial charge is 0.224 e. The van der Waals surface area contributed by atoms with Crippen LogP contribution in [0.3, 0.4) is 0 Å². The lowest BCUT2D eigenvalue weighted by molar-refractivity contribution is -0.138. The molecule has 1 saturated carbocycles. The molecule has 0 aromatic carbocycles. The van der Waals surface area contributed by atoms with Gasteiger partial charge in [-0.05, 0) is 63.1 Å². The first kappa shape index (κ1) is 21.3. The molecule has 1 aliphatic carbocycles. The van der Waals surface area contributed by atoms with Crippen LogP contribution in [-0.2, 0) is 21.7 Å². The van der Waals surface area contributed by atoms with Crippen LogP contribution >= 0.6 is 0 Å². The van der Waals surface area contributed by atoms with Gasteiger partial charge in [0.05, 0.1) is 23.9 Å². The van der Waals surface area contributed by atoms with Crippen molar-refractivity contribution >= 4 is 11.4 Å². The van der Waals surface area contributed by atoms with E-state index in [1.165, 1.54) is 6.42 Å². The van der Waals surface area contributed by atoms with E-state index in [0.717, 1.165) is 43.0 Å². The zero-order valence-electron chi connectivity index (χ0n) is 19.0. The van der Waals surface area contributed by atoms with Crippen molar-refractivity contribution in [2.45, 2.75) is 59.6 Å². The topological polar surface area (TPSA) is 67.7 Å². The Bertz CT molecular complexity index is 898. The standard InChI is InChI=1S/C24H36N4O2/c1-23(2,3)8-10-30-15-16-7-6-9-28-19(16)14-26-22(28)24(4,5)27-21(29)20-17-11-18(20)13-25-12-17/h6-7,9,14,17-18,20,25H,8,10-13,15H2,1-5H3,(H,27,29). The fraction of sp³-hybridized carbons (Fsp3) is 0.667. The quantitative estimate of drug-likeness (QED) is 0.683. The Hall–Kier alpha value is -1.92. The normalized spacial score (nSPS) is 24.0. The van der Waals surface area contributed by atoms with Gasteiger partial charge in [-0.15, -0.1) is 0 Å². The molecule has 2 fully saturated rings. The third kappa shape index (κ3) is 4.26. The summed E-state index contributed by atoms with van der Waals surface area (Å²) in [7, 11) is 0. The molecular formula is C24H36N4O2. The lowest BCUT2D eigenvalue weighted by Gasteiger charge is -2.49. The molecule has 164 valence electrons. The molecule has 4 rings (SSSR count). The highest BCUT2D eigenvalue weighted by molar-refractivity contribution is 5.81. The van der Waals surface area contributed by atoms with Gasteiger partial charge in [0.15, 0.2) is 0 Å². The van der Waals surface area contributed by atoms with Crippen LogP contribution in [0, 0.1) is 23.2 Å². The summed E-state index contributed by atoms with van der Waals surface area (Å²) < 4.78 is 8.03. The molecule has 30 heavy (non-hydrogen) atoms. The van der Waals surface area contributed by atoms with E-state index in [1.807, 2.05) is 32.3 Å². The van der Waals surface area contributed by atoms with Gasteiger partial charge in [-0.25, -0.2) is 4.98 Å². The van der Waals surface area contributed by atoms with Gasteiger partial charge in [-0.1, -0.05) is 26.8 Å². The van der Waals surface area contributed by atoms with Gasteiger partial charge in [0.25, 0.3) is 0 Å². The van der Waals surface area contributed by atoms with Gasteiger partial charge in [-0.3, -0.25) is 4.79 Å². The predicted molar refractivity (Wildman–Crippen MR) is 118 cm³/mol. The van der Waals surface area contributed by atoms with Gasteiger partial charge in [0.1, 0.15) is 5.82 Å². The van der Waals surface area contributed by atoms with Crippen LogP contribution in [0.4, 0.5) is 0 Å². The maximum atomic E-state index is 13.0. The van der Waals surface area contributed by atoms with Crippen LogP contribution < -0.4 is 10.6 Å². The number of nitrogens with one attached hydrogen (secondary N) is 2. The Morgan fingerprint density at radius 1 is 1.27 bits per heavy atom. The van der Waals surface area contributed by atoms with Gasteiger partial charge < -0.3 is 19.8 Å². The van der Waals surface area contributed by atoms with Crippen molar-refractivity contribution in [3.63, 3.8) is 0 Å². The van der Waals surface area contributed by atoms with Gasteiger partial charge in [0, 0.05) is 24.3 Å². The number of carbonyl (C=O) groups is 1. The number of rotatable bonds is 7. The molecule has 1 aliphatic heterocycles. The van der Waals surface area contributed by atoms with Crippen LogP contribution in [-0.4, -0.2) is 35.0 Å². The number of imidazole rings is 1. The molecule has 2 bridgehead atoms. The molecule has 3 heterocycles. The number of carbonyl (C=O) groups excluding carboxylic acids is 1. The highest BCUT2D eigenvalue weighted by Gasteiger charge is 2.48. The number of hydrogen-bond donors (Lipinski definition) is 2. The highest BCUT2D eigenvalue weighted by Crippen LogP contribution is 2.43. The Balaban J connectivity index is 1.46. The first-order chi connectivity index (χ1) is 14.2. The zero-order valence-corrected chi connectivity index (χ0v) is 19.0. The first-order valence-electron chi connectivity index (χ1n) is 11.2. The van der Waals surface area contributed by atoms with Gasteiger partial charge in [0.2, 0.25) is 5.91 Å². The summed E-state index contributed by atoms with van der Waals surface area (Å²) in [6, 6.07) is 4.12. The Labute approximate surface area is 179 Å². The Morgan fingerprint density at radius 2 is 2.00 bits per heavy atom. The van der Waals surface area contributed by atoms with Crippen LogP contribution in [0.1, 0.15) is 58.8 Å². The van der Waals surface area contributed by atoms with Crippen LogP contribution in [0.15, 0.2) is 24.5 Å². The molecular weight excluding hydrogens is 376 g/mol. The lowest BCUT2D eigenvalue weighted by atomic mass is 9.61. The molecule has 0 spiro atoms. The second-order valence-corrected chi connectivity index (χ2v) is 10.8. The molecule has 2 atom stereocenters. The summed E-state index contributed by atoms with van der Waals surface area (Å²) in [5.74, 6) is 2.12. The van der Waals surface area contributed by atoms with E-state index in [4.69, 9.17) is 9.72 Å². The van der Waals surface area contributed by atoms with E-state index in [2.05, 4.69) is 41.9 Å². The molecule has 1 amide bonds. The fourth-order valence-corrected chi connectivity index (χ4v) is 4.85. The van der Waals surface area contributed by atoms with Crippen molar-refractivity contribution < 1.29 is 9.53 Å². The molecule has 2 aromatic heterocycles. The maximum Gasteiger partial charge on any atom is 0.224 e. The van der Waals surface area contributed by atoms with E-state index in [1.54, 1.807) is 0 Å². The van der Waals surface area contributed by atoms with E-state index in [9.17, 15) is 4.79 Å². The van der Waals surface area contributed by atoms with E-state index in [0.29, 0.717) is 18.4 Å². The Kier molecular flexibility index (Phi) is 5.66. The third-order valence-corrected chi connectivity index (χ3v) is 6.64. The number of piperidine rings is 2. The number of aromatic nitrogens is 2. The van der Waals surface area contributed by atoms with Crippen molar-refractivity contribution in [1.29, 1.82) is 0 Å². The molecule has 2 aliphatic rings. The predicted octanol–water partition coefficient (Wildman–Crippen LogP) is 3.49. The minimum absolute atomic E-state index is 0.142. The summed E-state index contributed by atoms with van der Waals surface area (Å²) in [4.78, 5) is 17.7. The van der Waals surface area contributed by atoms with Crippen molar-refractivity contribution in [3.05, 3.63) is 35.9 Å². The molecule has 2 N–H and O–H groups in total. The van der Waals surface area contributed by atoms with E-state index in [-0.39, 0.29) is 17.2 Å². The largest absolute Gasteiger partial charge is 0.377 e. The van der Waals surface area contributed by atoms with Crippen molar-refractivity contribution in [2.75, 3.05) is 19.7 Å². The van der Waals surface area contributed by atoms with Crippen LogP contribution in [0.5, 0.6) is 0 Å². The summed E-state index contributed by atoms with van der Waals surface area (Å²) in [5.41, 5.74) is 1.88. The molecule has 6 nitrogen and oxygen atoms in total. The van der Waals surface area contributed by atoms with Crippen LogP contribution in [0.25, 0.3) is 5.52 Å². The SMILES string of the molecule is CC(C)(C)CCOCc1cccn2c(C(C)(C)NC(=O)C3C4CNCC3C4)ncc12. The number of ether oxygens (including phenoxy) is 1. The monoisotopic (exact) mass is 412 g/mol. The van der Waals surface area contributed by atoms with Crippen molar-refractivity contribution in [3.8, 4) is 0 Å². The number of hydrogen-bond acceptors (Lipinski definition) is 4. The summed E-state index contributed by atoms with van der Waals surface area (Å²) in [6.07, 6.45) is 6.12. The molecule has 6 heteroatoms. The average molecular weight is 413 g/mol. The van der Waals surface area contributed by atoms with Crippen molar-refractivity contribution in [1.82, 2.24) is 20.0 Å². The Morgan fingerprint density at radius 3 is 2.67 bits per heavy atom. The van der Waals surface area contributed by atoms with Gasteiger partial charge >= 0.3 is 0 Å². The number of pyridine rings is 1. The summed E-state index contributed by atoms with van der Waals surface area (Å²) >= 11 is 0. The van der Waals surface area contributed by atoms with Crippen molar-refractivity contribution in [2.24, 2.45) is 23.2 Å². The number of nitrogens with zero attached hydrogens (tertiary/aromatic N) is 2. The zero-order chi connectivity index (χ0) is 21.5. The second kappa shape index (κ2) is 7.97. The molecule has 2 unspecified atom stereocenters. The van der Waals surface area contributed by atoms with E-state index < -0.39 is 5.54 Å². The second-order valence-electron chi connectivity index (χ2n) is 10.8. The molecule has 0 radical (unpaired) electrons. The first-order valence-corrected chi connectivity index (χ1v) is 11.2. The van der Waals surface area contributed by atoms with E-state index >= 15 is 0 Å². The van der Waals surface area contributed by atoms with Crippen LogP contribution in [0.2, 0.25) is 0 Å². The number of fused-ring (bicyclic) bond motifs is 3. The number of amides is 1. The lowest BCUT2D eigenvalue weighted by Crippen LogP contribution is -2.60. The highest BCUT2D eigenvalue weighted by atomic mass is 16.5. The summed E-state index contributed by atoms with van der Waals surface area (Å²) in [6.45, 7) is 14.0. The molecule has 1 saturated heterocycles. The minimum Gasteiger partial charge on any atom is -0.377 e. The molecule has 2 aromatic rings. The van der Waals surface area contributed by atoms with Gasteiger partial charge in [-0.2, -0.15) is 0 Å². The summed E-state index contributed by atoms with van der Waals surface area (Å²) in [5, 5.41) is 6.70. The average Bonchev–Trinajstić information content (AvgIpc) is 3.10. The fourth-order valence-electron chi connectivity index (χ4n) is 4.85. The third-order valence-electron chi connectivity index (χ3n) is 6.64. The maximum absolute atomic E-state index is 13.0.